The van der Waals surface area contributed by atoms with Crippen LogP contribution in [0.15, 0.2) is 0 Å². The molecule has 0 aromatic carbocycles. The first-order chi connectivity index (χ1) is 1.41. The second-order valence-corrected chi connectivity index (χ2v) is 0.559. The molecule has 0 heterocycles. The van der Waals surface area contributed by atoms with E-state index < -0.39 is 21.1 Å². The quantitative estimate of drug-likeness (QED) is 0.352. The van der Waals surface area contributed by atoms with E-state index >= 15 is 0 Å². The fourth-order valence-electron chi connectivity index (χ4n) is 0. The molecule has 0 unspecified atom stereocenters. The standard InChI is InChI=1S/2In.6O.Sn.Zn/q2*+3;;;4*-2;;+2. The van der Waals surface area contributed by atoms with Crippen molar-refractivity contribution in [1.82, 2.24) is 0 Å². The third-order valence-corrected chi connectivity index (χ3v) is 0. The van der Waals surface area contributed by atoms with E-state index in [4.69, 9.17) is 6.15 Å². The van der Waals surface area contributed by atoms with Crippen LogP contribution in [0.3, 0.4) is 0 Å². The average molecular weight is 510 g/mol. The van der Waals surface area contributed by atoms with E-state index in [-0.39, 0.29) is 93.1 Å². The van der Waals surface area contributed by atoms with E-state index in [2.05, 4.69) is 0 Å². The van der Waals surface area contributed by atoms with Gasteiger partial charge in [-0.2, -0.15) is 0 Å². The predicted octanol–water partition coefficient (Wildman–Crippen LogP) is -1.86. The third kappa shape index (κ3) is 144. The van der Waals surface area contributed by atoms with Crippen molar-refractivity contribution in [2.24, 2.45) is 0 Å². The van der Waals surface area contributed by atoms with Crippen LogP contribution in [-0.2, 0) is 47.5 Å². The van der Waals surface area contributed by atoms with Crippen LogP contribution in [0.4, 0.5) is 0 Å². The van der Waals surface area contributed by atoms with Gasteiger partial charge in [0.15, 0.2) is 0 Å². The zero-order valence-electron chi connectivity index (χ0n) is 4.81. The molecule has 0 N–H and O–H groups in total. The minimum Gasteiger partial charge on any atom is 2.00 e. The minimum absolute atomic E-state index is 0. The van der Waals surface area contributed by atoms with Gasteiger partial charge in [-0.05, 0) is 0 Å². The summed E-state index contributed by atoms with van der Waals surface area (Å²) in [6.45, 7) is 0. The maximum atomic E-state index is 8.54. The van der Waals surface area contributed by atoms with Crippen molar-refractivity contribution in [3.63, 3.8) is 0 Å². The van der Waals surface area contributed by atoms with Gasteiger partial charge in [-0.3, -0.25) is 0 Å². The molecule has 0 atom stereocenters. The van der Waals surface area contributed by atoms with Gasteiger partial charge in [0, 0.05) is 0 Å². The molecule has 0 rings (SSSR count). The second kappa shape index (κ2) is 101. The maximum Gasteiger partial charge on any atom is 2.00 e. The molecule has 0 bridgehead atoms. The summed E-state index contributed by atoms with van der Waals surface area (Å²) in [6.07, 6.45) is 0. The molecule has 0 fully saturated rings. The summed E-state index contributed by atoms with van der Waals surface area (Å²) in [5, 5.41) is 0. The van der Waals surface area contributed by atoms with Crippen LogP contribution in [0.1, 0.15) is 0 Å². The van der Waals surface area contributed by atoms with Crippen molar-refractivity contribution < 1.29 is 47.5 Å². The van der Waals surface area contributed by atoms with Crippen molar-refractivity contribution in [3.8, 4) is 0 Å². The Hall–Kier alpha value is 2.60. The summed E-state index contributed by atoms with van der Waals surface area (Å²) in [5.74, 6) is 0. The van der Waals surface area contributed by atoms with Gasteiger partial charge in [-0.25, -0.2) is 0 Å². The van der Waals surface area contributed by atoms with Crippen LogP contribution in [0.5, 0.6) is 0 Å². The van der Waals surface area contributed by atoms with Gasteiger partial charge in [0.05, 0.1) is 0 Å². The van der Waals surface area contributed by atoms with E-state index in [1.54, 1.807) is 0 Å². The Bertz CT molecular complexity index is 36.7. The van der Waals surface area contributed by atoms with Gasteiger partial charge in [-0.15, -0.1) is 0 Å². The molecule has 10 heteroatoms. The molecule has 0 aromatic rings. The topological polar surface area (TPSA) is 148 Å². The molecule has 48 valence electrons. The molecular formula is In2O6SnZn. The Morgan fingerprint density at radius 3 is 0.700 bits per heavy atom. The van der Waals surface area contributed by atoms with Crippen LogP contribution in [0.2, 0.25) is 0 Å². The molecule has 10 heavy (non-hydrogen) atoms. The Labute approximate surface area is 118 Å². The summed E-state index contributed by atoms with van der Waals surface area (Å²) < 4.78 is 17.1. The van der Waals surface area contributed by atoms with Crippen molar-refractivity contribution >= 4 is 72.8 Å². The first kappa shape index (κ1) is 80.1. The smallest absolute Gasteiger partial charge is 2.00 e. The SMILES string of the molecule is [In+3].[In+3].[O-2].[O-2].[O-2].[O-2].[O]=[Sn]=[O].[Zn+2]. The summed E-state index contributed by atoms with van der Waals surface area (Å²) in [7, 11) is 0. The summed E-state index contributed by atoms with van der Waals surface area (Å²) in [6, 6.07) is 0. The van der Waals surface area contributed by atoms with E-state index in [9.17, 15) is 0 Å². The molecule has 0 aliphatic heterocycles. The molecule has 0 radical (unpaired) electrons. The van der Waals surface area contributed by atoms with Crippen LogP contribution >= 0.6 is 0 Å². The van der Waals surface area contributed by atoms with Gasteiger partial charge < -0.3 is 21.9 Å². The number of rotatable bonds is 0. The van der Waals surface area contributed by atoms with Gasteiger partial charge in [0.2, 0.25) is 0 Å². The molecular weight excluding hydrogens is 510 g/mol. The first-order valence-corrected chi connectivity index (χ1v) is 2.74. The summed E-state index contributed by atoms with van der Waals surface area (Å²) >= 11 is -2.27. The molecule has 0 saturated carbocycles. The van der Waals surface area contributed by atoms with Crippen LogP contribution in [0.25, 0.3) is 0 Å². The Morgan fingerprint density at radius 2 is 0.700 bits per heavy atom. The summed E-state index contributed by atoms with van der Waals surface area (Å²) in [4.78, 5) is 0. The molecule has 0 saturated heterocycles. The Morgan fingerprint density at radius 1 is 0.700 bits per heavy atom. The van der Waals surface area contributed by atoms with E-state index in [0.717, 1.165) is 0 Å². The van der Waals surface area contributed by atoms with Crippen molar-refractivity contribution in [2.75, 3.05) is 0 Å². The molecule has 0 aliphatic carbocycles. The Kier molecular flexibility index (Phi) is 805. The number of hydrogen-bond donors (Lipinski definition) is 0. The van der Waals surface area contributed by atoms with Crippen molar-refractivity contribution in [2.45, 2.75) is 0 Å². The average Bonchev–Trinajstić information content (AvgIpc) is 0.918. The molecule has 0 spiro atoms. The van der Waals surface area contributed by atoms with E-state index in [0.29, 0.717) is 0 Å². The molecule has 0 aliphatic rings. The predicted molar refractivity (Wildman–Crippen MR) is 21.4 cm³/mol. The number of hydrogen-bond acceptors (Lipinski definition) is 2. The zero-order valence-corrected chi connectivity index (χ0v) is 17.2. The van der Waals surface area contributed by atoms with E-state index in [1.807, 2.05) is 0 Å². The largest absolute Gasteiger partial charge is 2.00 e. The molecule has 0 amide bonds. The third-order valence-electron chi connectivity index (χ3n) is 0. The van der Waals surface area contributed by atoms with Crippen LogP contribution in [-0.4, -0.2) is 72.8 Å². The van der Waals surface area contributed by atoms with Gasteiger partial charge in [0.25, 0.3) is 0 Å². The van der Waals surface area contributed by atoms with Crippen LogP contribution < -0.4 is 0 Å². The van der Waals surface area contributed by atoms with Gasteiger partial charge in [0.1, 0.15) is 0 Å². The maximum absolute atomic E-state index is 8.54. The summed E-state index contributed by atoms with van der Waals surface area (Å²) in [5.41, 5.74) is 0. The molecule has 6 nitrogen and oxygen atoms in total. The first-order valence-electron chi connectivity index (χ1n) is 0.408. The fourth-order valence-corrected chi connectivity index (χ4v) is 0. The van der Waals surface area contributed by atoms with Crippen LogP contribution in [0, 0.1) is 0 Å². The minimum atomic E-state index is -2.27. The zero-order chi connectivity index (χ0) is 2.71. The second-order valence-electron chi connectivity index (χ2n) is 0.0833. The normalized spacial score (nSPS) is 0.800. The van der Waals surface area contributed by atoms with Crippen molar-refractivity contribution in [1.29, 1.82) is 0 Å². The van der Waals surface area contributed by atoms with Gasteiger partial charge in [-0.1, -0.05) is 0 Å². The van der Waals surface area contributed by atoms with E-state index in [1.165, 1.54) is 0 Å². The molecule has 0 aromatic heterocycles. The monoisotopic (exact) mass is 510 g/mol. The van der Waals surface area contributed by atoms with Gasteiger partial charge >= 0.3 is 98.4 Å². The Balaban J connectivity index is -0.000000000952. The van der Waals surface area contributed by atoms with Crippen molar-refractivity contribution in [3.05, 3.63) is 0 Å². The fraction of sp³-hybridized carbons (Fsp3) is 0.